The summed E-state index contributed by atoms with van der Waals surface area (Å²) in [5.41, 5.74) is 0.938. The second kappa shape index (κ2) is 4.51. The van der Waals surface area contributed by atoms with Crippen molar-refractivity contribution in [1.29, 1.82) is 0 Å². The van der Waals surface area contributed by atoms with Crippen LogP contribution in [0.1, 0.15) is 32.8 Å². The lowest BCUT2D eigenvalue weighted by atomic mass is 9.66. The van der Waals surface area contributed by atoms with Crippen LogP contribution in [0.4, 0.5) is 0 Å². The third-order valence-corrected chi connectivity index (χ3v) is 4.17. The SMILES string of the molecule is CCc1cc(OC2CC(O)C2(C)C)ccc1Cl. The Morgan fingerprint density at radius 2 is 2.18 bits per heavy atom. The summed E-state index contributed by atoms with van der Waals surface area (Å²) in [5.74, 6) is 0.844. The van der Waals surface area contributed by atoms with E-state index in [9.17, 15) is 5.11 Å². The van der Waals surface area contributed by atoms with Gasteiger partial charge in [-0.2, -0.15) is 0 Å². The van der Waals surface area contributed by atoms with Crippen molar-refractivity contribution in [2.75, 3.05) is 0 Å². The van der Waals surface area contributed by atoms with Crippen LogP contribution in [0.5, 0.6) is 5.75 Å². The maximum atomic E-state index is 9.67. The van der Waals surface area contributed by atoms with Gasteiger partial charge in [-0.25, -0.2) is 0 Å². The highest BCUT2D eigenvalue weighted by Gasteiger charge is 2.49. The number of benzene rings is 1. The van der Waals surface area contributed by atoms with Gasteiger partial charge in [-0.3, -0.25) is 0 Å². The molecule has 3 heteroatoms. The number of hydrogen-bond donors (Lipinski definition) is 1. The monoisotopic (exact) mass is 254 g/mol. The Hall–Kier alpha value is -0.730. The fourth-order valence-electron chi connectivity index (χ4n) is 2.12. The molecule has 1 aliphatic rings. The molecule has 1 aromatic carbocycles. The van der Waals surface area contributed by atoms with Gasteiger partial charge in [-0.15, -0.1) is 0 Å². The molecule has 0 saturated heterocycles. The van der Waals surface area contributed by atoms with E-state index in [2.05, 4.69) is 6.92 Å². The summed E-state index contributed by atoms with van der Waals surface area (Å²) in [7, 11) is 0. The molecule has 0 heterocycles. The zero-order chi connectivity index (χ0) is 12.6. The maximum Gasteiger partial charge on any atom is 0.120 e. The normalized spacial score (nSPS) is 26.4. The Labute approximate surface area is 108 Å². The number of ether oxygens (including phenoxy) is 1. The quantitative estimate of drug-likeness (QED) is 0.895. The second-order valence-corrected chi connectivity index (χ2v) is 5.69. The molecule has 1 N–H and O–H groups in total. The Morgan fingerprint density at radius 3 is 2.71 bits per heavy atom. The minimum Gasteiger partial charge on any atom is -0.490 e. The third-order valence-electron chi connectivity index (χ3n) is 3.80. The molecule has 94 valence electrons. The predicted octanol–water partition coefficient (Wildman–Crippen LogP) is 3.44. The number of halogens is 1. The molecule has 0 aromatic heterocycles. The van der Waals surface area contributed by atoms with E-state index < -0.39 is 0 Å². The average Bonchev–Trinajstić information content (AvgIpc) is 2.31. The van der Waals surface area contributed by atoms with E-state index in [0.29, 0.717) is 6.42 Å². The van der Waals surface area contributed by atoms with Crippen LogP contribution in [0.25, 0.3) is 0 Å². The van der Waals surface area contributed by atoms with Gasteiger partial charge in [0.15, 0.2) is 0 Å². The molecule has 2 atom stereocenters. The van der Waals surface area contributed by atoms with Gasteiger partial charge in [-0.05, 0) is 30.2 Å². The first kappa shape index (κ1) is 12.7. The van der Waals surface area contributed by atoms with Crippen molar-refractivity contribution in [2.45, 2.75) is 45.8 Å². The Bertz CT molecular complexity index is 415. The maximum absolute atomic E-state index is 9.67. The van der Waals surface area contributed by atoms with Crippen LogP contribution in [-0.4, -0.2) is 17.3 Å². The van der Waals surface area contributed by atoms with E-state index in [1.807, 2.05) is 32.0 Å². The molecule has 0 aliphatic heterocycles. The summed E-state index contributed by atoms with van der Waals surface area (Å²) < 4.78 is 5.91. The molecule has 1 saturated carbocycles. The van der Waals surface area contributed by atoms with Gasteiger partial charge < -0.3 is 9.84 Å². The van der Waals surface area contributed by atoms with Crippen molar-refractivity contribution in [1.82, 2.24) is 0 Å². The van der Waals surface area contributed by atoms with E-state index in [1.54, 1.807) is 0 Å². The summed E-state index contributed by atoms with van der Waals surface area (Å²) in [6, 6.07) is 5.75. The van der Waals surface area contributed by atoms with Crippen LogP contribution < -0.4 is 4.74 Å². The molecule has 1 aliphatic carbocycles. The van der Waals surface area contributed by atoms with Crippen molar-refractivity contribution in [2.24, 2.45) is 5.41 Å². The molecule has 17 heavy (non-hydrogen) atoms. The van der Waals surface area contributed by atoms with E-state index in [0.717, 1.165) is 22.8 Å². The molecule has 0 spiro atoms. The van der Waals surface area contributed by atoms with Gasteiger partial charge in [0.2, 0.25) is 0 Å². The third kappa shape index (κ3) is 2.29. The average molecular weight is 255 g/mol. The summed E-state index contributed by atoms with van der Waals surface area (Å²) in [5, 5.41) is 10.5. The van der Waals surface area contributed by atoms with Gasteiger partial charge in [0.05, 0.1) is 6.10 Å². The predicted molar refractivity (Wildman–Crippen MR) is 69.7 cm³/mol. The molecule has 2 unspecified atom stereocenters. The smallest absolute Gasteiger partial charge is 0.120 e. The van der Waals surface area contributed by atoms with Crippen molar-refractivity contribution in [3.05, 3.63) is 28.8 Å². The molecule has 0 amide bonds. The Kier molecular flexibility index (Phi) is 3.37. The molecule has 1 fully saturated rings. The lowest BCUT2D eigenvalue weighted by Crippen LogP contribution is -2.56. The number of hydrogen-bond acceptors (Lipinski definition) is 2. The minimum absolute atomic E-state index is 0.0865. The molecule has 0 radical (unpaired) electrons. The fraction of sp³-hybridized carbons (Fsp3) is 0.571. The van der Waals surface area contributed by atoms with E-state index in [1.165, 1.54) is 0 Å². The van der Waals surface area contributed by atoms with E-state index in [-0.39, 0.29) is 17.6 Å². The minimum atomic E-state index is -0.259. The lowest BCUT2D eigenvalue weighted by Gasteiger charge is -2.48. The topological polar surface area (TPSA) is 29.5 Å². The van der Waals surface area contributed by atoms with Gasteiger partial charge in [0.1, 0.15) is 11.9 Å². The first-order chi connectivity index (χ1) is 7.95. The Balaban J connectivity index is 2.10. The van der Waals surface area contributed by atoms with E-state index in [4.69, 9.17) is 16.3 Å². The number of aliphatic hydroxyl groups is 1. The van der Waals surface area contributed by atoms with Crippen LogP contribution in [0.3, 0.4) is 0 Å². The summed E-state index contributed by atoms with van der Waals surface area (Å²) in [6.45, 7) is 6.13. The van der Waals surface area contributed by atoms with Crippen LogP contribution in [0.15, 0.2) is 18.2 Å². The Morgan fingerprint density at radius 1 is 1.47 bits per heavy atom. The fourth-order valence-corrected chi connectivity index (χ4v) is 2.38. The van der Waals surface area contributed by atoms with Gasteiger partial charge in [0, 0.05) is 16.9 Å². The number of rotatable bonds is 3. The van der Waals surface area contributed by atoms with Crippen molar-refractivity contribution in [3.63, 3.8) is 0 Å². The van der Waals surface area contributed by atoms with Crippen LogP contribution >= 0.6 is 11.6 Å². The number of aliphatic hydroxyl groups excluding tert-OH is 1. The van der Waals surface area contributed by atoms with Crippen molar-refractivity contribution < 1.29 is 9.84 Å². The highest BCUT2D eigenvalue weighted by atomic mass is 35.5. The lowest BCUT2D eigenvalue weighted by molar-refractivity contribution is -0.134. The van der Waals surface area contributed by atoms with Crippen molar-refractivity contribution in [3.8, 4) is 5.75 Å². The van der Waals surface area contributed by atoms with Gasteiger partial charge >= 0.3 is 0 Å². The van der Waals surface area contributed by atoms with E-state index >= 15 is 0 Å². The zero-order valence-corrected chi connectivity index (χ0v) is 11.3. The van der Waals surface area contributed by atoms with Gasteiger partial charge in [0.25, 0.3) is 0 Å². The molecular weight excluding hydrogens is 236 g/mol. The molecular formula is C14H19ClO2. The van der Waals surface area contributed by atoms with Crippen LogP contribution in [0.2, 0.25) is 5.02 Å². The highest BCUT2D eigenvalue weighted by molar-refractivity contribution is 6.31. The first-order valence-electron chi connectivity index (χ1n) is 6.08. The molecule has 0 bridgehead atoms. The number of aryl methyl sites for hydroxylation is 1. The molecule has 2 rings (SSSR count). The summed E-state index contributed by atoms with van der Waals surface area (Å²) in [4.78, 5) is 0. The summed E-state index contributed by atoms with van der Waals surface area (Å²) >= 11 is 6.06. The van der Waals surface area contributed by atoms with Gasteiger partial charge in [-0.1, -0.05) is 32.4 Å². The standard InChI is InChI=1S/C14H19ClO2/c1-4-9-7-10(5-6-11(9)15)17-13-8-12(16)14(13,2)3/h5-7,12-13,16H,4,8H2,1-3H3. The largest absolute Gasteiger partial charge is 0.490 e. The van der Waals surface area contributed by atoms with Crippen molar-refractivity contribution >= 4 is 11.6 Å². The summed E-state index contributed by atoms with van der Waals surface area (Å²) in [6.07, 6.45) is 1.43. The van der Waals surface area contributed by atoms with Crippen LogP contribution in [0, 0.1) is 5.41 Å². The zero-order valence-electron chi connectivity index (χ0n) is 10.5. The highest BCUT2D eigenvalue weighted by Crippen LogP contribution is 2.43. The second-order valence-electron chi connectivity index (χ2n) is 5.29. The molecule has 1 aromatic rings. The van der Waals surface area contributed by atoms with Crippen LogP contribution in [-0.2, 0) is 6.42 Å². The molecule has 2 nitrogen and oxygen atoms in total. The first-order valence-corrected chi connectivity index (χ1v) is 6.46.